The molecule has 1 rings (SSSR count). The van der Waals surface area contributed by atoms with E-state index in [1.807, 2.05) is 0 Å². The number of hydrogen-bond donors (Lipinski definition) is 1. The van der Waals surface area contributed by atoms with Gasteiger partial charge < -0.3 is 9.84 Å². The number of rotatable bonds is 4. The van der Waals surface area contributed by atoms with E-state index in [0.717, 1.165) is 0 Å². The zero-order valence-electron chi connectivity index (χ0n) is 9.32. The van der Waals surface area contributed by atoms with Crippen LogP contribution in [-0.4, -0.2) is 23.5 Å². The van der Waals surface area contributed by atoms with Crippen LogP contribution in [0.5, 0.6) is 5.75 Å². The first-order valence-corrected chi connectivity index (χ1v) is 5.03. The van der Waals surface area contributed by atoms with Gasteiger partial charge in [-0.15, -0.1) is 0 Å². The highest BCUT2D eigenvalue weighted by molar-refractivity contribution is 6.06. The zero-order chi connectivity index (χ0) is 12.1. The van der Waals surface area contributed by atoms with Crippen LogP contribution >= 0.6 is 0 Å². The van der Waals surface area contributed by atoms with Crippen LogP contribution in [0.25, 0.3) is 0 Å². The molecule has 0 amide bonds. The van der Waals surface area contributed by atoms with Crippen molar-refractivity contribution in [1.29, 1.82) is 0 Å². The Morgan fingerprint density at radius 1 is 1.38 bits per heavy atom. The van der Waals surface area contributed by atoms with Crippen molar-refractivity contribution < 1.29 is 19.4 Å². The summed E-state index contributed by atoms with van der Waals surface area (Å²) < 4.78 is 4.68. The number of hydrogen-bond acceptors (Lipinski definition) is 4. The number of benzene rings is 1. The molecule has 0 bridgehead atoms. The van der Waals surface area contributed by atoms with Gasteiger partial charge in [0.1, 0.15) is 12.2 Å². The molecule has 4 nitrogen and oxygen atoms in total. The summed E-state index contributed by atoms with van der Waals surface area (Å²) >= 11 is 0. The summed E-state index contributed by atoms with van der Waals surface area (Å²) in [4.78, 5) is 22.7. The van der Waals surface area contributed by atoms with E-state index in [9.17, 15) is 14.7 Å². The maximum Gasteiger partial charge on any atom is 0.313 e. The van der Waals surface area contributed by atoms with Crippen LogP contribution in [0.1, 0.15) is 29.3 Å². The van der Waals surface area contributed by atoms with E-state index in [2.05, 4.69) is 4.74 Å². The quantitative estimate of drug-likeness (QED) is 0.479. The molecule has 4 heteroatoms. The standard InChI is InChI=1S/C12H14O4/c1-3-16-12(15)7-11(14)9-4-5-10(13)8(2)6-9/h4-6,13H,3,7H2,1-2H3. The summed E-state index contributed by atoms with van der Waals surface area (Å²) in [6.07, 6.45) is -0.266. The number of ketones is 1. The molecule has 0 unspecified atom stereocenters. The Morgan fingerprint density at radius 3 is 2.62 bits per heavy atom. The molecule has 0 saturated heterocycles. The summed E-state index contributed by atoms with van der Waals surface area (Å²) in [5.41, 5.74) is 1.01. The van der Waals surface area contributed by atoms with Crippen molar-refractivity contribution >= 4 is 11.8 Å². The molecule has 0 heterocycles. The number of Topliss-reactive ketones (excluding diaryl/α,β-unsaturated/α-hetero) is 1. The van der Waals surface area contributed by atoms with Crippen LogP contribution in [0.2, 0.25) is 0 Å². The van der Waals surface area contributed by atoms with Gasteiger partial charge in [0, 0.05) is 5.56 Å². The average Bonchev–Trinajstić information content (AvgIpc) is 2.22. The monoisotopic (exact) mass is 222 g/mol. The molecule has 16 heavy (non-hydrogen) atoms. The van der Waals surface area contributed by atoms with E-state index in [1.54, 1.807) is 19.9 Å². The maximum absolute atomic E-state index is 11.6. The van der Waals surface area contributed by atoms with Crippen molar-refractivity contribution in [3.8, 4) is 5.75 Å². The average molecular weight is 222 g/mol. The Balaban J connectivity index is 2.73. The van der Waals surface area contributed by atoms with Crippen molar-refractivity contribution in [2.45, 2.75) is 20.3 Å². The first kappa shape index (κ1) is 12.2. The van der Waals surface area contributed by atoms with E-state index >= 15 is 0 Å². The second kappa shape index (κ2) is 5.30. The number of phenols is 1. The number of phenolic OH excluding ortho intramolecular Hbond substituents is 1. The van der Waals surface area contributed by atoms with Crippen LogP contribution in [0.3, 0.4) is 0 Å². The number of esters is 1. The number of aryl methyl sites for hydroxylation is 1. The summed E-state index contributed by atoms with van der Waals surface area (Å²) in [7, 11) is 0. The molecule has 1 aromatic carbocycles. The predicted molar refractivity (Wildman–Crippen MR) is 58.4 cm³/mol. The number of aromatic hydroxyl groups is 1. The molecule has 0 aromatic heterocycles. The molecular weight excluding hydrogens is 208 g/mol. The highest BCUT2D eigenvalue weighted by Gasteiger charge is 2.13. The van der Waals surface area contributed by atoms with Gasteiger partial charge in [-0.05, 0) is 37.6 Å². The molecule has 0 saturated carbocycles. The second-order valence-corrected chi connectivity index (χ2v) is 3.41. The van der Waals surface area contributed by atoms with Gasteiger partial charge >= 0.3 is 5.97 Å². The van der Waals surface area contributed by atoms with E-state index in [1.165, 1.54) is 12.1 Å². The summed E-state index contributed by atoms with van der Waals surface area (Å²) in [5.74, 6) is -0.701. The van der Waals surface area contributed by atoms with Crippen LogP contribution in [0.4, 0.5) is 0 Å². The van der Waals surface area contributed by atoms with Crippen LogP contribution < -0.4 is 0 Å². The van der Waals surface area contributed by atoms with Gasteiger partial charge in [0.15, 0.2) is 5.78 Å². The molecule has 0 radical (unpaired) electrons. The molecule has 0 aliphatic heterocycles. The van der Waals surface area contributed by atoms with Gasteiger partial charge in [0.2, 0.25) is 0 Å². The zero-order valence-corrected chi connectivity index (χ0v) is 9.32. The summed E-state index contributed by atoms with van der Waals surface area (Å²) in [6, 6.07) is 4.48. The van der Waals surface area contributed by atoms with E-state index in [0.29, 0.717) is 11.1 Å². The molecular formula is C12H14O4. The van der Waals surface area contributed by atoms with Crippen LogP contribution in [0, 0.1) is 6.92 Å². The number of ether oxygens (including phenoxy) is 1. The molecule has 1 aromatic rings. The van der Waals surface area contributed by atoms with Crippen molar-refractivity contribution in [3.63, 3.8) is 0 Å². The largest absolute Gasteiger partial charge is 0.508 e. The minimum Gasteiger partial charge on any atom is -0.508 e. The van der Waals surface area contributed by atoms with E-state index < -0.39 is 5.97 Å². The Bertz CT molecular complexity index is 409. The van der Waals surface area contributed by atoms with Gasteiger partial charge in [-0.1, -0.05) is 0 Å². The van der Waals surface area contributed by atoms with Crippen LogP contribution in [0.15, 0.2) is 18.2 Å². The molecule has 0 fully saturated rings. The van der Waals surface area contributed by atoms with Gasteiger partial charge in [-0.25, -0.2) is 0 Å². The first-order chi connectivity index (χ1) is 7.54. The molecule has 0 spiro atoms. The maximum atomic E-state index is 11.6. The molecule has 86 valence electrons. The summed E-state index contributed by atoms with van der Waals surface area (Å²) in [5, 5.41) is 9.29. The molecule has 0 atom stereocenters. The fourth-order valence-electron chi connectivity index (χ4n) is 1.27. The second-order valence-electron chi connectivity index (χ2n) is 3.41. The topological polar surface area (TPSA) is 63.6 Å². The lowest BCUT2D eigenvalue weighted by Gasteiger charge is -2.03. The minimum absolute atomic E-state index is 0.132. The Labute approximate surface area is 93.9 Å². The lowest BCUT2D eigenvalue weighted by Crippen LogP contribution is -2.11. The third kappa shape index (κ3) is 3.08. The summed E-state index contributed by atoms with van der Waals surface area (Å²) in [6.45, 7) is 3.64. The van der Waals surface area contributed by atoms with Gasteiger partial charge in [-0.3, -0.25) is 9.59 Å². The smallest absolute Gasteiger partial charge is 0.313 e. The molecule has 0 aliphatic rings. The Morgan fingerprint density at radius 2 is 2.06 bits per heavy atom. The SMILES string of the molecule is CCOC(=O)CC(=O)c1ccc(O)c(C)c1. The fraction of sp³-hybridized carbons (Fsp3) is 0.333. The van der Waals surface area contributed by atoms with Gasteiger partial charge in [-0.2, -0.15) is 0 Å². The van der Waals surface area contributed by atoms with Crippen molar-refractivity contribution in [1.82, 2.24) is 0 Å². The third-order valence-electron chi connectivity index (χ3n) is 2.13. The van der Waals surface area contributed by atoms with Crippen molar-refractivity contribution in [2.75, 3.05) is 6.61 Å². The van der Waals surface area contributed by atoms with Gasteiger partial charge in [0.05, 0.1) is 6.61 Å². The Kier molecular flexibility index (Phi) is 4.05. The van der Waals surface area contributed by atoms with E-state index in [-0.39, 0.29) is 24.6 Å². The van der Waals surface area contributed by atoms with E-state index in [4.69, 9.17) is 0 Å². The number of carbonyl (C=O) groups is 2. The minimum atomic E-state index is -0.529. The van der Waals surface area contributed by atoms with Crippen molar-refractivity contribution in [2.24, 2.45) is 0 Å². The van der Waals surface area contributed by atoms with Crippen molar-refractivity contribution in [3.05, 3.63) is 29.3 Å². The lowest BCUT2D eigenvalue weighted by atomic mass is 10.1. The first-order valence-electron chi connectivity index (χ1n) is 5.03. The molecule has 0 aliphatic carbocycles. The predicted octanol–water partition coefficient (Wildman–Crippen LogP) is 1.84. The highest BCUT2D eigenvalue weighted by Crippen LogP contribution is 2.17. The fourth-order valence-corrected chi connectivity index (χ4v) is 1.27. The molecule has 1 N–H and O–H groups in total. The normalized spacial score (nSPS) is 9.88. The number of carbonyl (C=O) groups excluding carboxylic acids is 2. The lowest BCUT2D eigenvalue weighted by molar-refractivity contribution is -0.141. The highest BCUT2D eigenvalue weighted by atomic mass is 16.5. The Hall–Kier alpha value is -1.84. The third-order valence-corrected chi connectivity index (χ3v) is 2.13. The van der Waals surface area contributed by atoms with Gasteiger partial charge in [0.25, 0.3) is 0 Å². The van der Waals surface area contributed by atoms with Crippen LogP contribution in [-0.2, 0) is 9.53 Å².